The van der Waals surface area contributed by atoms with E-state index in [2.05, 4.69) is 20.5 Å². The summed E-state index contributed by atoms with van der Waals surface area (Å²) in [6.45, 7) is 1.95. The monoisotopic (exact) mass is 600 g/mol. The number of aryl methyl sites for hydroxylation is 1. The zero-order chi connectivity index (χ0) is 18.6. The molecule has 1 radical (unpaired) electrons. The molecule has 4 aromatic rings. The van der Waals surface area contributed by atoms with Gasteiger partial charge in [0.25, 0.3) is 0 Å². The van der Waals surface area contributed by atoms with Crippen LogP contribution in [-0.2, 0) is 0 Å². The SMILES string of the molecule is Cc1cc(Nc2cc(-c3ccccc3)nc(Sc3ccc([NH-])cc3)n2)n[nH]1.[Ac]. The third-order valence-corrected chi connectivity index (χ3v) is 4.67. The van der Waals surface area contributed by atoms with Crippen LogP contribution in [0.2, 0.25) is 0 Å². The summed E-state index contributed by atoms with van der Waals surface area (Å²) in [7, 11) is 0. The van der Waals surface area contributed by atoms with Crippen LogP contribution in [0.1, 0.15) is 5.69 Å². The van der Waals surface area contributed by atoms with Crippen molar-refractivity contribution in [2.24, 2.45) is 0 Å². The molecular formula is C20H17AcN6S-. The van der Waals surface area contributed by atoms with Gasteiger partial charge in [-0.3, -0.25) is 5.10 Å². The number of H-pyrrole nitrogens is 1. The maximum Gasteiger partial charge on any atom is 0.194 e. The average molecular weight is 600 g/mol. The summed E-state index contributed by atoms with van der Waals surface area (Å²) in [5, 5.41) is 11.0. The Kier molecular flexibility index (Phi) is 7.11. The molecule has 0 aliphatic carbocycles. The summed E-state index contributed by atoms with van der Waals surface area (Å²) >= 11 is 1.46. The van der Waals surface area contributed by atoms with Crippen molar-refractivity contribution in [2.75, 3.05) is 5.32 Å². The van der Waals surface area contributed by atoms with Crippen molar-refractivity contribution in [3.05, 3.63) is 78.2 Å². The minimum absolute atomic E-state index is 0. The molecule has 0 aliphatic rings. The number of rotatable bonds is 5. The first-order valence-electron chi connectivity index (χ1n) is 8.39. The van der Waals surface area contributed by atoms with E-state index in [1.807, 2.05) is 61.5 Å². The van der Waals surface area contributed by atoms with E-state index in [4.69, 9.17) is 10.7 Å². The summed E-state index contributed by atoms with van der Waals surface area (Å²) in [6, 6.07) is 21.1. The fourth-order valence-corrected chi connectivity index (χ4v) is 3.30. The van der Waals surface area contributed by atoms with Gasteiger partial charge in [-0.2, -0.15) is 5.10 Å². The van der Waals surface area contributed by atoms with Gasteiger partial charge in [0, 0.05) is 72.3 Å². The van der Waals surface area contributed by atoms with Crippen LogP contribution >= 0.6 is 11.8 Å². The zero-order valence-corrected chi connectivity index (χ0v) is 20.7. The molecule has 6 nitrogen and oxygen atoms in total. The van der Waals surface area contributed by atoms with E-state index in [1.54, 1.807) is 12.1 Å². The standard InChI is InChI=1S/C20H17N6S.Ac/c1-13-11-19(26-25-13)23-18-12-17(14-5-3-2-4-6-14)22-20(24-18)27-16-9-7-15(21)8-10-16;/h2-12,21H,1H3,(H2,22,23,24,25,26);/q-1;. The number of hydrogen-bond donors (Lipinski definition) is 2. The van der Waals surface area contributed by atoms with Crippen LogP contribution < -0.4 is 5.32 Å². The Labute approximate surface area is 203 Å². The Morgan fingerprint density at radius 1 is 0.929 bits per heavy atom. The number of benzene rings is 2. The van der Waals surface area contributed by atoms with Gasteiger partial charge in [-0.25, -0.2) is 9.97 Å². The molecule has 0 atom stereocenters. The molecule has 0 aliphatic heterocycles. The van der Waals surface area contributed by atoms with Crippen molar-refractivity contribution in [2.45, 2.75) is 17.0 Å². The van der Waals surface area contributed by atoms with Crippen molar-refractivity contribution in [3.63, 3.8) is 0 Å². The van der Waals surface area contributed by atoms with Gasteiger partial charge in [-0.15, -0.1) is 5.69 Å². The van der Waals surface area contributed by atoms with Gasteiger partial charge in [-0.05, 0) is 30.8 Å². The van der Waals surface area contributed by atoms with Crippen LogP contribution in [0.25, 0.3) is 17.0 Å². The molecule has 0 unspecified atom stereocenters. The number of aromatic amines is 1. The van der Waals surface area contributed by atoms with Gasteiger partial charge in [0.2, 0.25) is 0 Å². The number of nitrogens with zero attached hydrogens (tertiary/aromatic N) is 3. The van der Waals surface area contributed by atoms with Gasteiger partial charge in [0.1, 0.15) is 5.82 Å². The first-order chi connectivity index (χ1) is 13.2. The second-order valence-electron chi connectivity index (χ2n) is 5.97. The van der Waals surface area contributed by atoms with Crippen molar-refractivity contribution >= 4 is 29.1 Å². The van der Waals surface area contributed by atoms with Gasteiger partial charge in [0.05, 0.1) is 5.69 Å². The van der Waals surface area contributed by atoms with Crippen molar-refractivity contribution in [1.29, 1.82) is 0 Å². The molecule has 2 aromatic carbocycles. The molecule has 2 aromatic heterocycles. The molecule has 4 rings (SSSR count). The molecule has 2 heterocycles. The predicted molar refractivity (Wildman–Crippen MR) is 109 cm³/mol. The molecular weight excluding hydrogens is 583 g/mol. The summed E-state index contributed by atoms with van der Waals surface area (Å²) in [5.74, 6) is 1.38. The second-order valence-corrected chi connectivity index (χ2v) is 7.02. The molecule has 0 spiro atoms. The average Bonchev–Trinajstić information content (AvgIpc) is 3.09. The van der Waals surface area contributed by atoms with Crippen molar-refractivity contribution < 1.29 is 44.1 Å². The fourth-order valence-electron chi connectivity index (χ4n) is 2.53. The first-order valence-corrected chi connectivity index (χ1v) is 9.20. The predicted octanol–water partition coefficient (Wildman–Crippen LogP) is 5.75. The minimum atomic E-state index is 0. The third-order valence-electron chi connectivity index (χ3n) is 3.80. The Hall–Kier alpha value is -1.88. The quantitative estimate of drug-likeness (QED) is 0.285. The van der Waals surface area contributed by atoms with Crippen LogP contribution in [-0.4, -0.2) is 20.2 Å². The molecule has 0 bridgehead atoms. The fraction of sp³-hybridized carbons (Fsp3) is 0.0500. The maximum absolute atomic E-state index is 7.62. The topological polar surface area (TPSA) is 90.3 Å². The summed E-state index contributed by atoms with van der Waals surface area (Å²) < 4.78 is 0. The Balaban J connectivity index is 0.00000225. The Morgan fingerprint density at radius 2 is 1.68 bits per heavy atom. The maximum atomic E-state index is 7.62. The summed E-state index contributed by atoms with van der Waals surface area (Å²) in [5.41, 5.74) is 10.9. The van der Waals surface area contributed by atoms with E-state index in [9.17, 15) is 0 Å². The summed E-state index contributed by atoms with van der Waals surface area (Å²) in [4.78, 5) is 10.3. The normalized spacial score (nSPS) is 10.3. The van der Waals surface area contributed by atoms with Crippen LogP contribution in [0.5, 0.6) is 0 Å². The largest absolute Gasteiger partial charge is 0.699 e. The van der Waals surface area contributed by atoms with Crippen molar-refractivity contribution in [3.8, 4) is 11.3 Å². The molecule has 28 heavy (non-hydrogen) atoms. The van der Waals surface area contributed by atoms with Gasteiger partial charge in [0.15, 0.2) is 11.0 Å². The van der Waals surface area contributed by atoms with E-state index in [-0.39, 0.29) is 44.1 Å². The molecule has 0 saturated carbocycles. The van der Waals surface area contributed by atoms with Gasteiger partial charge in [-0.1, -0.05) is 42.5 Å². The number of hydrogen-bond acceptors (Lipinski definition) is 5. The molecule has 3 N–H and O–H groups in total. The molecule has 0 amide bonds. The summed E-state index contributed by atoms with van der Waals surface area (Å²) in [6.07, 6.45) is 0. The minimum Gasteiger partial charge on any atom is -0.699 e. The number of anilines is 2. The Morgan fingerprint density at radius 3 is 2.36 bits per heavy atom. The van der Waals surface area contributed by atoms with E-state index < -0.39 is 0 Å². The second kappa shape index (κ2) is 9.55. The van der Waals surface area contributed by atoms with Crippen LogP contribution in [0.4, 0.5) is 17.3 Å². The molecule has 0 saturated heterocycles. The number of aromatic nitrogens is 4. The molecule has 137 valence electrons. The van der Waals surface area contributed by atoms with Crippen LogP contribution in [0, 0.1) is 51.0 Å². The first kappa shape index (κ1) is 20.8. The zero-order valence-electron chi connectivity index (χ0n) is 15.2. The van der Waals surface area contributed by atoms with E-state index in [0.29, 0.717) is 22.5 Å². The Bertz CT molecular complexity index is 1050. The van der Waals surface area contributed by atoms with Gasteiger partial charge < -0.3 is 11.1 Å². The van der Waals surface area contributed by atoms with E-state index in [0.717, 1.165) is 21.8 Å². The molecule has 8 heteroatoms. The van der Waals surface area contributed by atoms with E-state index >= 15 is 0 Å². The van der Waals surface area contributed by atoms with E-state index in [1.165, 1.54) is 11.8 Å². The van der Waals surface area contributed by atoms with Crippen LogP contribution in [0.3, 0.4) is 0 Å². The smallest absolute Gasteiger partial charge is 0.194 e. The number of nitrogens with one attached hydrogen (secondary N) is 3. The van der Waals surface area contributed by atoms with Crippen LogP contribution in [0.15, 0.2) is 76.8 Å². The van der Waals surface area contributed by atoms with Crippen molar-refractivity contribution in [1.82, 2.24) is 20.2 Å². The third kappa shape index (κ3) is 5.34. The van der Waals surface area contributed by atoms with Gasteiger partial charge >= 0.3 is 0 Å². The molecule has 0 fully saturated rings.